The third kappa shape index (κ3) is 5.17. The lowest BCUT2D eigenvalue weighted by atomic mass is 10.0. The van der Waals surface area contributed by atoms with Gasteiger partial charge in [-0.1, -0.05) is 13.8 Å². The van der Waals surface area contributed by atoms with E-state index < -0.39 is 11.8 Å². The minimum atomic E-state index is -0.720. The van der Waals surface area contributed by atoms with E-state index >= 15 is 0 Å². The van der Waals surface area contributed by atoms with Crippen LogP contribution < -0.4 is 15.4 Å². The Morgan fingerprint density at radius 2 is 2.08 bits per heavy atom. The van der Waals surface area contributed by atoms with Gasteiger partial charge in [-0.2, -0.15) is 0 Å². The second kappa shape index (κ2) is 8.46. The van der Waals surface area contributed by atoms with E-state index in [0.717, 1.165) is 12.8 Å². The molecule has 1 aliphatic rings. The van der Waals surface area contributed by atoms with Crippen LogP contribution in [0.15, 0.2) is 18.3 Å². The number of pyridine rings is 1. The highest BCUT2D eigenvalue weighted by atomic mass is 16.5. The summed E-state index contributed by atoms with van der Waals surface area (Å²) < 4.78 is 4.94. The Labute approximate surface area is 146 Å². The maximum atomic E-state index is 12.3. The molecule has 0 radical (unpaired) electrons. The molecular weight excluding hydrogens is 324 g/mol. The lowest BCUT2D eigenvalue weighted by Gasteiger charge is -2.33. The van der Waals surface area contributed by atoms with Gasteiger partial charge in [0.05, 0.1) is 19.0 Å². The number of aromatic nitrogens is 1. The van der Waals surface area contributed by atoms with E-state index in [-0.39, 0.29) is 17.9 Å². The van der Waals surface area contributed by atoms with Crippen molar-refractivity contribution in [3.8, 4) is 5.88 Å². The summed E-state index contributed by atoms with van der Waals surface area (Å²) >= 11 is 0. The van der Waals surface area contributed by atoms with Gasteiger partial charge in [-0.05, 0) is 18.9 Å². The zero-order chi connectivity index (χ0) is 18.4. The van der Waals surface area contributed by atoms with Crippen LogP contribution in [0.2, 0.25) is 0 Å². The second-order valence-corrected chi connectivity index (χ2v) is 6.30. The molecular formula is C17H24N4O4. The molecule has 25 heavy (non-hydrogen) atoms. The van der Waals surface area contributed by atoms with Crippen LogP contribution in [-0.2, 0) is 14.4 Å². The zero-order valence-corrected chi connectivity index (χ0v) is 14.7. The summed E-state index contributed by atoms with van der Waals surface area (Å²) in [4.78, 5) is 41.8. The molecule has 0 saturated carbocycles. The van der Waals surface area contributed by atoms with Gasteiger partial charge in [0, 0.05) is 31.1 Å². The van der Waals surface area contributed by atoms with E-state index in [0.29, 0.717) is 24.7 Å². The lowest BCUT2D eigenvalue weighted by molar-refractivity contribution is -0.144. The van der Waals surface area contributed by atoms with E-state index in [4.69, 9.17) is 4.74 Å². The summed E-state index contributed by atoms with van der Waals surface area (Å²) in [5, 5.41) is 5.44. The molecule has 8 nitrogen and oxygen atoms in total. The molecule has 136 valence electrons. The van der Waals surface area contributed by atoms with E-state index in [2.05, 4.69) is 15.6 Å². The van der Waals surface area contributed by atoms with Gasteiger partial charge < -0.3 is 20.3 Å². The number of hydrogen-bond donors (Lipinski definition) is 2. The first kappa shape index (κ1) is 18.7. The van der Waals surface area contributed by atoms with E-state index in [1.165, 1.54) is 18.2 Å². The van der Waals surface area contributed by atoms with Gasteiger partial charge in [0.25, 0.3) is 0 Å². The molecule has 0 spiro atoms. The molecule has 0 bridgehead atoms. The van der Waals surface area contributed by atoms with Gasteiger partial charge >= 0.3 is 11.8 Å². The maximum Gasteiger partial charge on any atom is 0.313 e. The number of carbonyl (C=O) groups excluding carboxylic acids is 3. The van der Waals surface area contributed by atoms with Crippen molar-refractivity contribution in [1.29, 1.82) is 0 Å². The minimum absolute atomic E-state index is 0.0481. The van der Waals surface area contributed by atoms with Crippen LogP contribution in [0.5, 0.6) is 5.88 Å². The summed E-state index contributed by atoms with van der Waals surface area (Å²) in [6, 6.07) is 3.08. The van der Waals surface area contributed by atoms with Crippen molar-refractivity contribution in [3.63, 3.8) is 0 Å². The van der Waals surface area contributed by atoms with Crippen molar-refractivity contribution in [2.75, 3.05) is 25.5 Å². The van der Waals surface area contributed by atoms with E-state index in [9.17, 15) is 14.4 Å². The van der Waals surface area contributed by atoms with Crippen LogP contribution in [0.4, 0.5) is 5.69 Å². The summed E-state index contributed by atoms with van der Waals surface area (Å²) in [6.45, 7) is 4.47. The van der Waals surface area contributed by atoms with Gasteiger partial charge in [-0.25, -0.2) is 4.98 Å². The third-order valence-corrected chi connectivity index (χ3v) is 3.98. The minimum Gasteiger partial charge on any atom is -0.481 e. The molecule has 1 aromatic rings. The SMILES string of the molecule is COc1ccc(NC(=O)C(=O)N2CCCC(NC(=O)C(C)C)C2)cn1. The third-order valence-electron chi connectivity index (χ3n) is 3.98. The molecule has 2 heterocycles. The van der Waals surface area contributed by atoms with Crippen molar-refractivity contribution in [3.05, 3.63) is 18.3 Å². The molecule has 3 amide bonds. The Kier molecular flexibility index (Phi) is 6.32. The monoisotopic (exact) mass is 348 g/mol. The average Bonchev–Trinajstić information content (AvgIpc) is 2.61. The Morgan fingerprint density at radius 3 is 2.68 bits per heavy atom. The predicted molar refractivity (Wildman–Crippen MR) is 92.0 cm³/mol. The number of amides is 3. The highest BCUT2D eigenvalue weighted by Crippen LogP contribution is 2.14. The Morgan fingerprint density at radius 1 is 1.32 bits per heavy atom. The van der Waals surface area contributed by atoms with Crippen LogP contribution >= 0.6 is 0 Å². The molecule has 8 heteroatoms. The average molecular weight is 348 g/mol. The molecule has 1 atom stereocenters. The number of ether oxygens (including phenoxy) is 1. The lowest BCUT2D eigenvalue weighted by Crippen LogP contribution is -2.52. The van der Waals surface area contributed by atoms with Crippen molar-refractivity contribution in [1.82, 2.24) is 15.2 Å². The van der Waals surface area contributed by atoms with Crippen LogP contribution in [0.1, 0.15) is 26.7 Å². The number of rotatable bonds is 4. The first-order chi connectivity index (χ1) is 11.9. The Hall–Kier alpha value is -2.64. The fourth-order valence-corrected chi connectivity index (χ4v) is 2.55. The molecule has 1 saturated heterocycles. The van der Waals surface area contributed by atoms with Gasteiger partial charge in [-0.3, -0.25) is 14.4 Å². The van der Waals surface area contributed by atoms with E-state index in [1.807, 2.05) is 13.8 Å². The number of hydrogen-bond acceptors (Lipinski definition) is 5. The number of piperidine rings is 1. The number of methoxy groups -OCH3 is 1. The quantitative estimate of drug-likeness (QED) is 0.784. The number of nitrogens with one attached hydrogen (secondary N) is 2. The fourth-order valence-electron chi connectivity index (χ4n) is 2.55. The molecule has 1 unspecified atom stereocenters. The first-order valence-electron chi connectivity index (χ1n) is 8.31. The summed E-state index contributed by atoms with van der Waals surface area (Å²) in [5.74, 6) is -1.07. The van der Waals surface area contributed by atoms with Crippen LogP contribution in [0, 0.1) is 5.92 Å². The Bertz CT molecular complexity index is 630. The van der Waals surface area contributed by atoms with Gasteiger partial charge in [-0.15, -0.1) is 0 Å². The number of carbonyl (C=O) groups is 3. The highest BCUT2D eigenvalue weighted by Gasteiger charge is 2.29. The predicted octanol–water partition coefficient (Wildman–Crippen LogP) is 0.792. The van der Waals surface area contributed by atoms with Crippen molar-refractivity contribution >= 4 is 23.4 Å². The normalized spacial score (nSPS) is 17.1. The molecule has 0 aromatic carbocycles. The van der Waals surface area contributed by atoms with Crippen molar-refractivity contribution in [2.24, 2.45) is 5.92 Å². The van der Waals surface area contributed by atoms with Crippen molar-refractivity contribution in [2.45, 2.75) is 32.7 Å². The number of nitrogens with zero attached hydrogens (tertiary/aromatic N) is 2. The molecule has 2 N–H and O–H groups in total. The largest absolute Gasteiger partial charge is 0.481 e. The smallest absolute Gasteiger partial charge is 0.313 e. The van der Waals surface area contributed by atoms with Gasteiger partial charge in [0.2, 0.25) is 11.8 Å². The van der Waals surface area contributed by atoms with E-state index in [1.54, 1.807) is 12.1 Å². The highest BCUT2D eigenvalue weighted by molar-refractivity contribution is 6.39. The summed E-state index contributed by atoms with van der Waals surface area (Å²) in [7, 11) is 1.49. The van der Waals surface area contributed by atoms with Gasteiger partial charge in [0.1, 0.15) is 0 Å². The maximum absolute atomic E-state index is 12.3. The summed E-state index contributed by atoms with van der Waals surface area (Å²) in [5.41, 5.74) is 0.417. The van der Waals surface area contributed by atoms with Crippen LogP contribution in [0.3, 0.4) is 0 Å². The standard InChI is InChI=1S/C17H24N4O4/c1-11(2)15(22)20-13-5-4-8-21(10-13)17(24)16(23)19-12-6-7-14(25-3)18-9-12/h6-7,9,11,13H,4-5,8,10H2,1-3H3,(H,19,23)(H,20,22). The zero-order valence-electron chi connectivity index (χ0n) is 14.7. The van der Waals surface area contributed by atoms with Crippen molar-refractivity contribution < 1.29 is 19.1 Å². The first-order valence-corrected chi connectivity index (χ1v) is 8.31. The van der Waals surface area contributed by atoms with Crippen LogP contribution in [-0.4, -0.2) is 53.8 Å². The topological polar surface area (TPSA) is 101 Å². The number of anilines is 1. The molecule has 2 rings (SSSR count). The molecule has 1 aliphatic heterocycles. The molecule has 1 fully saturated rings. The molecule has 0 aliphatic carbocycles. The Balaban J connectivity index is 1.91. The fraction of sp³-hybridized carbons (Fsp3) is 0.529. The summed E-state index contributed by atoms with van der Waals surface area (Å²) in [6.07, 6.45) is 2.96. The number of likely N-dealkylation sites (tertiary alicyclic amines) is 1. The van der Waals surface area contributed by atoms with Gasteiger partial charge in [0.15, 0.2) is 0 Å². The second-order valence-electron chi connectivity index (χ2n) is 6.30. The molecule has 1 aromatic heterocycles. The van der Waals surface area contributed by atoms with Crippen LogP contribution in [0.25, 0.3) is 0 Å².